The first kappa shape index (κ1) is 15.5. The maximum Gasteiger partial charge on any atom is 0.319 e. The van der Waals surface area contributed by atoms with E-state index in [0.717, 1.165) is 0 Å². The second kappa shape index (κ2) is 7.21. The molecule has 0 aliphatic rings. The first-order chi connectivity index (χ1) is 10.5. The van der Waals surface area contributed by atoms with E-state index in [-0.39, 0.29) is 12.4 Å². The molecule has 0 spiro atoms. The highest BCUT2D eigenvalue weighted by Gasteiger charge is 2.04. The Labute approximate surface area is 127 Å². The van der Waals surface area contributed by atoms with Crippen LogP contribution in [0.25, 0.3) is 0 Å². The summed E-state index contributed by atoms with van der Waals surface area (Å²) in [7, 11) is 0. The standard InChI is InChI=1S/C16H15FN2O3/c1-11(20)22-15-7-3-6-14(9-15)19-16(21)18-10-12-4-2-5-13(17)8-12/h2-9H,10H2,1H3,(H2,18,19,21). The van der Waals surface area contributed by atoms with E-state index in [0.29, 0.717) is 17.0 Å². The maximum absolute atomic E-state index is 13.0. The van der Waals surface area contributed by atoms with Gasteiger partial charge in [-0.1, -0.05) is 18.2 Å². The van der Waals surface area contributed by atoms with Crippen LogP contribution in [0.2, 0.25) is 0 Å². The van der Waals surface area contributed by atoms with Gasteiger partial charge in [-0.25, -0.2) is 9.18 Å². The fourth-order valence-electron chi connectivity index (χ4n) is 1.81. The molecule has 2 aromatic carbocycles. The Morgan fingerprint density at radius 2 is 1.91 bits per heavy atom. The van der Waals surface area contributed by atoms with E-state index in [2.05, 4.69) is 10.6 Å². The second-order valence-electron chi connectivity index (χ2n) is 4.56. The predicted molar refractivity (Wildman–Crippen MR) is 80.0 cm³/mol. The van der Waals surface area contributed by atoms with Crippen molar-refractivity contribution in [2.24, 2.45) is 0 Å². The SMILES string of the molecule is CC(=O)Oc1cccc(NC(=O)NCc2cccc(F)c2)c1. The van der Waals surface area contributed by atoms with Crippen LogP contribution in [0, 0.1) is 5.82 Å². The summed E-state index contributed by atoms with van der Waals surface area (Å²) in [5, 5.41) is 5.22. The van der Waals surface area contributed by atoms with E-state index >= 15 is 0 Å². The number of hydrogen-bond donors (Lipinski definition) is 2. The highest BCUT2D eigenvalue weighted by Crippen LogP contribution is 2.17. The van der Waals surface area contributed by atoms with E-state index in [4.69, 9.17) is 4.74 Å². The van der Waals surface area contributed by atoms with Crippen molar-refractivity contribution in [3.8, 4) is 5.75 Å². The zero-order valence-corrected chi connectivity index (χ0v) is 11.9. The fourth-order valence-corrected chi connectivity index (χ4v) is 1.81. The Balaban J connectivity index is 1.90. The van der Waals surface area contributed by atoms with Gasteiger partial charge < -0.3 is 15.4 Å². The van der Waals surface area contributed by atoms with Gasteiger partial charge in [0.25, 0.3) is 0 Å². The number of anilines is 1. The first-order valence-corrected chi connectivity index (χ1v) is 6.61. The summed E-state index contributed by atoms with van der Waals surface area (Å²) < 4.78 is 17.9. The number of urea groups is 1. The van der Waals surface area contributed by atoms with Crippen LogP contribution in [0.3, 0.4) is 0 Å². The number of nitrogens with one attached hydrogen (secondary N) is 2. The third-order valence-corrected chi connectivity index (χ3v) is 2.70. The number of halogens is 1. The van der Waals surface area contributed by atoms with E-state index in [1.807, 2.05) is 0 Å². The van der Waals surface area contributed by atoms with Crippen LogP contribution < -0.4 is 15.4 Å². The molecule has 0 saturated carbocycles. The zero-order valence-electron chi connectivity index (χ0n) is 11.9. The number of amides is 2. The highest BCUT2D eigenvalue weighted by molar-refractivity contribution is 5.89. The number of carbonyl (C=O) groups excluding carboxylic acids is 2. The Hall–Kier alpha value is -2.89. The topological polar surface area (TPSA) is 67.4 Å². The molecule has 2 amide bonds. The van der Waals surface area contributed by atoms with Gasteiger partial charge in [-0.3, -0.25) is 4.79 Å². The molecule has 6 heteroatoms. The molecule has 5 nitrogen and oxygen atoms in total. The van der Waals surface area contributed by atoms with Crippen molar-refractivity contribution in [3.05, 3.63) is 59.9 Å². The van der Waals surface area contributed by atoms with Gasteiger partial charge in [-0.05, 0) is 29.8 Å². The van der Waals surface area contributed by atoms with E-state index in [9.17, 15) is 14.0 Å². The van der Waals surface area contributed by atoms with Crippen LogP contribution in [-0.4, -0.2) is 12.0 Å². The van der Waals surface area contributed by atoms with Crippen LogP contribution in [0.4, 0.5) is 14.9 Å². The summed E-state index contributed by atoms with van der Waals surface area (Å²) in [6.45, 7) is 1.50. The lowest BCUT2D eigenvalue weighted by molar-refractivity contribution is -0.131. The van der Waals surface area contributed by atoms with Crippen LogP contribution in [-0.2, 0) is 11.3 Å². The molecule has 2 aromatic rings. The summed E-state index contributed by atoms with van der Waals surface area (Å²) in [6.07, 6.45) is 0. The van der Waals surface area contributed by atoms with Gasteiger partial charge in [0.15, 0.2) is 0 Å². The van der Waals surface area contributed by atoms with Crippen molar-refractivity contribution in [1.29, 1.82) is 0 Å². The first-order valence-electron chi connectivity index (χ1n) is 6.61. The van der Waals surface area contributed by atoms with Gasteiger partial charge in [0.2, 0.25) is 0 Å². The molecule has 0 heterocycles. The molecule has 0 atom stereocenters. The molecule has 0 saturated heterocycles. The highest BCUT2D eigenvalue weighted by atomic mass is 19.1. The van der Waals surface area contributed by atoms with E-state index in [1.54, 1.807) is 30.3 Å². The molecule has 0 aliphatic carbocycles. The lowest BCUT2D eigenvalue weighted by Crippen LogP contribution is -2.28. The number of esters is 1. The monoisotopic (exact) mass is 302 g/mol. The quantitative estimate of drug-likeness (QED) is 0.673. The molecular formula is C16H15FN2O3. The molecule has 0 aromatic heterocycles. The van der Waals surface area contributed by atoms with Crippen molar-refractivity contribution in [2.75, 3.05) is 5.32 Å². The van der Waals surface area contributed by atoms with Crippen LogP contribution >= 0.6 is 0 Å². The Kier molecular flexibility index (Phi) is 5.08. The Morgan fingerprint density at radius 3 is 2.64 bits per heavy atom. The van der Waals surface area contributed by atoms with Crippen molar-refractivity contribution in [2.45, 2.75) is 13.5 Å². The molecule has 114 valence electrons. The summed E-state index contributed by atoms with van der Waals surface area (Å²) in [4.78, 5) is 22.7. The maximum atomic E-state index is 13.0. The molecular weight excluding hydrogens is 287 g/mol. The van der Waals surface area contributed by atoms with E-state index in [1.165, 1.54) is 25.1 Å². The fraction of sp³-hybridized carbons (Fsp3) is 0.125. The predicted octanol–water partition coefficient (Wildman–Crippen LogP) is 3.07. The number of rotatable bonds is 4. The summed E-state index contributed by atoms with van der Waals surface area (Å²) in [5.74, 6) is -0.447. The normalized spacial score (nSPS) is 9.91. The lowest BCUT2D eigenvalue weighted by Gasteiger charge is -2.09. The van der Waals surface area contributed by atoms with Crippen molar-refractivity contribution in [1.82, 2.24) is 5.32 Å². The molecule has 0 radical (unpaired) electrons. The van der Waals surface area contributed by atoms with E-state index < -0.39 is 12.0 Å². The second-order valence-corrected chi connectivity index (χ2v) is 4.56. The van der Waals surface area contributed by atoms with Gasteiger partial charge in [0.05, 0.1) is 0 Å². The van der Waals surface area contributed by atoms with Crippen molar-refractivity contribution < 1.29 is 18.7 Å². The third-order valence-electron chi connectivity index (χ3n) is 2.70. The molecule has 2 N–H and O–H groups in total. The van der Waals surface area contributed by atoms with Crippen LogP contribution in [0.5, 0.6) is 5.75 Å². The molecule has 2 rings (SSSR count). The van der Waals surface area contributed by atoms with Crippen molar-refractivity contribution >= 4 is 17.7 Å². The number of carbonyl (C=O) groups is 2. The third kappa shape index (κ3) is 4.90. The number of benzene rings is 2. The van der Waals surface area contributed by atoms with Crippen molar-refractivity contribution in [3.63, 3.8) is 0 Å². The molecule has 0 fully saturated rings. The van der Waals surface area contributed by atoms with Crippen LogP contribution in [0.15, 0.2) is 48.5 Å². The Bertz CT molecular complexity index is 689. The molecule has 22 heavy (non-hydrogen) atoms. The van der Waals surface area contributed by atoms with Crippen LogP contribution in [0.1, 0.15) is 12.5 Å². The summed E-state index contributed by atoms with van der Waals surface area (Å²) in [5.41, 5.74) is 1.14. The molecule has 0 bridgehead atoms. The minimum Gasteiger partial charge on any atom is -0.427 e. The lowest BCUT2D eigenvalue weighted by atomic mass is 10.2. The average Bonchev–Trinajstić information content (AvgIpc) is 2.45. The van der Waals surface area contributed by atoms with Gasteiger partial charge >= 0.3 is 12.0 Å². The van der Waals surface area contributed by atoms with Gasteiger partial charge in [-0.2, -0.15) is 0 Å². The summed E-state index contributed by atoms with van der Waals surface area (Å²) >= 11 is 0. The molecule has 0 aliphatic heterocycles. The van der Waals surface area contributed by atoms with Gasteiger partial charge in [-0.15, -0.1) is 0 Å². The minimum atomic E-state index is -0.441. The van der Waals surface area contributed by atoms with Gasteiger partial charge in [0, 0.05) is 25.2 Å². The smallest absolute Gasteiger partial charge is 0.319 e. The number of hydrogen-bond acceptors (Lipinski definition) is 3. The summed E-state index contributed by atoms with van der Waals surface area (Å²) in [6, 6.07) is 12.0. The largest absolute Gasteiger partial charge is 0.427 e. The number of ether oxygens (including phenoxy) is 1. The van der Waals surface area contributed by atoms with Gasteiger partial charge in [0.1, 0.15) is 11.6 Å². The zero-order chi connectivity index (χ0) is 15.9. The molecule has 0 unspecified atom stereocenters. The minimum absolute atomic E-state index is 0.202. The Morgan fingerprint density at radius 1 is 1.14 bits per heavy atom. The average molecular weight is 302 g/mol.